The Morgan fingerprint density at radius 3 is 2.32 bits per heavy atom. The standard InChI is InChI=1S/C17H24O2/c1-10(18)13-8-12(16(3,4)5)9-14-15(13)19-11(2)17(14,6)7/h8-9,11H,1-7H3. The molecule has 2 nitrogen and oxygen atoms in total. The molecule has 104 valence electrons. The Kier molecular flexibility index (Phi) is 3.04. The van der Waals surface area contributed by atoms with E-state index in [1.165, 1.54) is 5.56 Å². The van der Waals surface area contributed by atoms with Crippen molar-refractivity contribution in [1.29, 1.82) is 0 Å². The first-order valence-electron chi connectivity index (χ1n) is 6.91. The maximum absolute atomic E-state index is 11.9. The molecule has 2 heteroatoms. The van der Waals surface area contributed by atoms with E-state index in [0.29, 0.717) is 0 Å². The molecule has 0 saturated carbocycles. The minimum absolute atomic E-state index is 0.0289. The van der Waals surface area contributed by atoms with Crippen molar-refractivity contribution in [3.63, 3.8) is 0 Å². The SMILES string of the molecule is CC(=O)c1cc(C(C)(C)C)cc2c1OC(C)C2(C)C. The van der Waals surface area contributed by atoms with Crippen LogP contribution in [-0.2, 0) is 10.8 Å². The highest BCUT2D eigenvalue weighted by molar-refractivity contribution is 5.98. The average Bonchev–Trinajstić information content (AvgIpc) is 2.48. The van der Waals surface area contributed by atoms with Crippen LogP contribution in [0.25, 0.3) is 0 Å². The van der Waals surface area contributed by atoms with Gasteiger partial charge in [0.15, 0.2) is 5.78 Å². The van der Waals surface area contributed by atoms with Gasteiger partial charge in [0.1, 0.15) is 11.9 Å². The summed E-state index contributed by atoms with van der Waals surface area (Å²) < 4.78 is 5.96. The maximum Gasteiger partial charge on any atom is 0.163 e. The normalized spacial score (nSPS) is 20.9. The van der Waals surface area contributed by atoms with E-state index in [-0.39, 0.29) is 22.7 Å². The zero-order valence-electron chi connectivity index (χ0n) is 13.0. The molecular formula is C17H24O2. The van der Waals surface area contributed by atoms with E-state index in [1.54, 1.807) is 6.92 Å². The number of ether oxygens (including phenoxy) is 1. The number of ketones is 1. The molecule has 0 N–H and O–H groups in total. The van der Waals surface area contributed by atoms with E-state index < -0.39 is 0 Å². The predicted octanol–water partition coefficient (Wildman–Crippen LogP) is 4.25. The van der Waals surface area contributed by atoms with Crippen LogP contribution in [0.3, 0.4) is 0 Å². The average molecular weight is 260 g/mol. The summed E-state index contributed by atoms with van der Waals surface area (Å²) in [5, 5.41) is 0. The lowest BCUT2D eigenvalue weighted by Crippen LogP contribution is -2.29. The summed E-state index contributed by atoms with van der Waals surface area (Å²) >= 11 is 0. The fourth-order valence-corrected chi connectivity index (χ4v) is 2.47. The van der Waals surface area contributed by atoms with Crippen LogP contribution in [0.2, 0.25) is 0 Å². The monoisotopic (exact) mass is 260 g/mol. The Bertz CT molecular complexity index is 533. The molecule has 0 aliphatic carbocycles. The van der Waals surface area contributed by atoms with Gasteiger partial charge in [-0.1, -0.05) is 40.7 Å². The highest BCUT2D eigenvalue weighted by atomic mass is 16.5. The van der Waals surface area contributed by atoms with E-state index >= 15 is 0 Å². The number of hydrogen-bond donors (Lipinski definition) is 0. The largest absolute Gasteiger partial charge is 0.489 e. The third-order valence-electron chi connectivity index (χ3n) is 4.34. The molecule has 0 spiro atoms. The zero-order chi connectivity index (χ0) is 14.6. The number of hydrogen-bond acceptors (Lipinski definition) is 2. The van der Waals surface area contributed by atoms with Gasteiger partial charge >= 0.3 is 0 Å². The van der Waals surface area contributed by atoms with Gasteiger partial charge in [0.2, 0.25) is 0 Å². The van der Waals surface area contributed by atoms with E-state index in [9.17, 15) is 4.79 Å². The van der Waals surface area contributed by atoms with Crippen LogP contribution < -0.4 is 4.74 Å². The van der Waals surface area contributed by atoms with E-state index in [1.807, 2.05) is 6.07 Å². The summed E-state index contributed by atoms with van der Waals surface area (Å²) in [4.78, 5) is 11.9. The second-order valence-corrected chi connectivity index (χ2v) is 7.19. The lowest BCUT2D eigenvalue weighted by atomic mass is 9.77. The first-order valence-corrected chi connectivity index (χ1v) is 6.91. The fraction of sp³-hybridized carbons (Fsp3) is 0.588. The van der Waals surface area contributed by atoms with Crippen molar-refractivity contribution >= 4 is 5.78 Å². The van der Waals surface area contributed by atoms with Crippen LogP contribution in [-0.4, -0.2) is 11.9 Å². The third-order valence-corrected chi connectivity index (χ3v) is 4.34. The van der Waals surface area contributed by atoms with Crippen LogP contribution in [0.1, 0.15) is 70.0 Å². The van der Waals surface area contributed by atoms with Crippen LogP contribution >= 0.6 is 0 Å². The Morgan fingerprint density at radius 2 is 1.84 bits per heavy atom. The lowest BCUT2D eigenvalue weighted by Gasteiger charge is -2.25. The molecule has 0 amide bonds. The van der Waals surface area contributed by atoms with Crippen molar-refractivity contribution in [2.24, 2.45) is 0 Å². The molecule has 1 aliphatic rings. The summed E-state index contributed by atoms with van der Waals surface area (Å²) in [6.45, 7) is 14.6. The summed E-state index contributed by atoms with van der Waals surface area (Å²) in [6.07, 6.45) is 0.0934. The van der Waals surface area contributed by atoms with Gasteiger partial charge in [0, 0.05) is 11.0 Å². The molecule has 1 aliphatic heterocycles. The third kappa shape index (κ3) is 2.18. The van der Waals surface area contributed by atoms with Crippen molar-refractivity contribution in [3.8, 4) is 5.75 Å². The van der Waals surface area contributed by atoms with Crippen LogP contribution in [0.4, 0.5) is 0 Å². The molecule has 0 bridgehead atoms. The Hall–Kier alpha value is -1.31. The predicted molar refractivity (Wildman–Crippen MR) is 78.3 cm³/mol. The zero-order valence-corrected chi connectivity index (χ0v) is 13.0. The molecule has 1 heterocycles. The number of benzene rings is 1. The molecule has 1 aromatic rings. The van der Waals surface area contributed by atoms with Gasteiger partial charge in [-0.05, 0) is 30.9 Å². The van der Waals surface area contributed by atoms with Gasteiger partial charge in [-0.25, -0.2) is 0 Å². The van der Waals surface area contributed by atoms with Crippen LogP contribution in [0, 0.1) is 0 Å². The fourth-order valence-electron chi connectivity index (χ4n) is 2.47. The smallest absolute Gasteiger partial charge is 0.163 e. The number of carbonyl (C=O) groups excluding carboxylic acids is 1. The van der Waals surface area contributed by atoms with Gasteiger partial charge in [-0.3, -0.25) is 4.79 Å². The second-order valence-electron chi connectivity index (χ2n) is 7.19. The molecular weight excluding hydrogens is 236 g/mol. The van der Waals surface area contributed by atoms with Crippen molar-refractivity contribution in [2.45, 2.75) is 65.4 Å². The number of fused-ring (bicyclic) bond motifs is 1. The van der Waals surface area contributed by atoms with Crippen molar-refractivity contribution < 1.29 is 9.53 Å². The minimum atomic E-state index is -0.0548. The Labute approximate surface area is 116 Å². The number of carbonyl (C=O) groups is 1. The summed E-state index contributed by atoms with van der Waals surface area (Å²) in [5.41, 5.74) is 3.06. The molecule has 0 aromatic heterocycles. The molecule has 19 heavy (non-hydrogen) atoms. The molecule has 0 radical (unpaired) electrons. The summed E-state index contributed by atoms with van der Waals surface area (Å²) in [7, 11) is 0. The second kappa shape index (κ2) is 4.09. The minimum Gasteiger partial charge on any atom is -0.489 e. The van der Waals surface area contributed by atoms with E-state index in [4.69, 9.17) is 4.74 Å². The quantitative estimate of drug-likeness (QED) is 0.706. The van der Waals surface area contributed by atoms with Gasteiger partial charge in [-0.2, -0.15) is 0 Å². The van der Waals surface area contributed by atoms with Crippen LogP contribution in [0.15, 0.2) is 12.1 Å². The van der Waals surface area contributed by atoms with Gasteiger partial charge in [0.05, 0.1) is 5.56 Å². The summed E-state index contributed by atoms with van der Waals surface area (Å²) in [5.74, 6) is 0.866. The summed E-state index contributed by atoms with van der Waals surface area (Å²) in [6, 6.07) is 4.21. The topological polar surface area (TPSA) is 26.3 Å². The molecule has 0 fully saturated rings. The van der Waals surface area contributed by atoms with Crippen molar-refractivity contribution in [2.75, 3.05) is 0 Å². The van der Waals surface area contributed by atoms with E-state index in [0.717, 1.165) is 16.9 Å². The van der Waals surface area contributed by atoms with Gasteiger partial charge in [-0.15, -0.1) is 0 Å². The molecule has 0 saturated heterocycles. The van der Waals surface area contributed by atoms with Gasteiger partial charge < -0.3 is 4.74 Å². The highest BCUT2D eigenvalue weighted by Crippen LogP contribution is 2.46. The van der Waals surface area contributed by atoms with Crippen molar-refractivity contribution in [3.05, 3.63) is 28.8 Å². The first kappa shape index (κ1) is 14.1. The van der Waals surface area contributed by atoms with Crippen molar-refractivity contribution in [1.82, 2.24) is 0 Å². The van der Waals surface area contributed by atoms with E-state index in [2.05, 4.69) is 47.6 Å². The number of rotatable bonds is 1. The Morgan fingerprint density at radius 1 is 1.26 bits per heavy atom. The molecule has 1 aromatic carbocycles. The number of Topliss-reactive ketones (excluding diaryl/α,β-unsaturated/α-hetero) is 1. The van der Waals surface area contributed by atoms with Crippen LogP contribution in [0.5, 0.6) is 5.75 Å². The van der Waals surface area contributed by atoms with Gasteiger partial charge in [0.25, 0.3) is 0 Å². The molecule has 1 atom stereocenters. The highest BCUT2D eigenvalue weighted by Gasteiger charge is 2.41. The first-order chi connectivity index (χ1) is 8.55. The maximum atomic E-state index is 11.9. The lowest BCUT2D eigenvalue weighted by molar-refractivity contribution is 0.101. The Balaban J connectivity index is 2.74. The molecule has 2 rings (SSSR count). The molecule has 1 unspecified atom stereocenters.